The Hall–Kier alpha value is -2.91. The van der Waals surface area contributed by atoms with E-state index in [0.717, 1.165) is 11.1 Å². The van der Waals surface area contributed by atoms with Crippen molar-refractivity contribution in [2.45, 2.75) is 0 Å². The van der Waals surface area contributed by atoms with Crippen LogP contribution in [-0.4, -0.2) is 20.6 Å². The quantitative estimate of drug-likeness (QED) is 0.805. The van der Waals surface area contributed by atoms with Crippen LogP contribution < -0.4 is 0 Å². The third kappa shape index (κ3) is 2.42. The summed E-state index contributed by atoms with van der Waals surface area (Å²) in [6, 6.07) is 7.22. The zero-order chi connectivity index (χ0) is 14.8. The van der Waals surface area contributed by atoms with Gasteiger partial charge in [0, 0.05) is 24.2 Å². The Balaban J connectivity index is 2.04. The number of carboxylic acids is 1. The maximum absolute atomic E-state index is 10.8. The van der Waals surface area contributed by atoms with Gasteiger partial charge in [0.1, 0.15) is 11.9 Å². The highest BCUT2D eigenvalue weighted by Crippen LogP contribution is 2.27. The minimum absolute atomic E-state index is 0.129. The molecule has 0 spiro atoms. The van der Waals surface area contributed by atoms with Crippen molar-refractivity contribution < 1.29 is 9.90 Å². The molecule has 3 rings (SSSR count). The number of rotatable bonds is 3. The predicted molar refractivity (Wildman–Crippen MR) is 78.6 cm³/mol. The highest BCUT2D eigenvalue weighted by molar-refractivity contribution is 7.08. The molecule has 3 heterocycles. The van der Waals surface area contributed by atoms with Gasteiger partial charge < -0.3 is 9.67 Å². The molecule has 0 aliphatic rings. The van der Waals surface area contributed by atoms with E-state index in [9.17, 15) is 10.1 Å². The van der Waals surface area contributed by atoms with E-state index in [-0.39, 0.29) is 5.56 Å². The number of carbonyl (C=O) groups is 1. The van der Waals surface area contributed by atoms with Gasteiger partial charge in [-0.3, -0.25) is 0 Å². The summed E-state index contributed by atoms with van der Waals surface area (Å²) in [7, 11) is 0. The summed E-state index contributed by atoms with van der Waals surface area (Å²) in [6.45, 7) is 0. The zero-order valence-corrected chi connectivity index (χ0v) is 11.5. The molecule has 0 fully saturated rings. The van der Waals surface area contributed by atoms with Crippen LogP contribution in [0.3, 0.4) is 0 Å². The number of nitrogens with zero attached hydrogens (tertiary/aromatic N) is 3. The fraction of sp³-hybridized carbons (Fsp3) is 0. The molecule has 3 aromatic heterocycles. The largest absolute Gasteiger partial charge is 0.478 e. The van der Waals surface area contributed by atoms with Crippen molar-refractivity contribution in [1.29, 1.82) is 5.26 Å². The number of aromatic nitrogens is 2. The van der Waals surface area contributed by atoms with Crippen molar-refractivity contribution in [2.24, 2.45) is 0 Å². The summed E-state index contributed by atoms with van der Waals surface area (Å²) in [6.07, 6.45) is 4.81. The van der Waals surface area contributed by atoms with Crippen LogP contribution in [0, 0.1) is 11.3 Å². The summed E-state index contributed by atoms with van der Waals surface area (Å²) in [4.78, 5) is 14.9. The van der Waals surface area contributed by atoms with Gasteiger partial charge in [0.05, 0.1) is 11.1 Å². The van der Waals surface area contributed by atoms with Gasteiger partial charge in [-0.15, -0.1) is 0 Å². The van der Waals surface area contributed by atoms with E-state index in [4.69, 9.17) is 5.11 Å². The van der Waals surface area contributed by atoms with Crippen molar-refractivity contribution in [3.8, 4) is 23.0 Å². The Labute approximate surface area is 124 Å². The van der Waals surface area contributed by atoms with Gasteiger partial charge in [0.2, 0.25) is 0 Å². The van der Waals surface area contributed by atoms with E-state index in [1.54, 1.807) is 28.2 Å². The Bertz CT molecular complexity index is 827. The maximum atomic E-state index is 10.8. The smallest absolute Gasteiger partial charge is 0.337 e. The van der Waals surface area contributed by atoms with Crippen LogP contribution in [0.15, 0.2) is 47.5 Å². The lowest BCUT2D eigenvalue weighted by molar-refractivity contribution is 0.0696. The van der Waals surface area contributed by atoms with E-state index in [1.165, 1.54) is 12.3 Å². The molecular weight excluding hydrogens is 286 g/mol. The average molecular weight is 295 g/mol. The predicted octanol–water partition coefficient (Wildman–Crippen LogP) is 3.17. The van der Waals surface area contributed by atoms with Gasteiger partial charge in [-0.05, 0) is 34.5 Å². The molecule has 0 aromatic carbocycles. The first-order chi connectivity index (χ1) is 10.2. The van der Waals surface area contributed by atoms with Gasteiger partial charge >= 0.3 is 5.97 Å². The molecule has 102 valence electrons. The minimum atomic E-state index is -1.02. The number of aromatic carboxylic acids is 1. The second-order valence-corrected chi connectivity index (χ2v) is 5.11. The first-order valence-corrected chi connectivity index (χ1v) is 6.97. The Morgan fingerprint density at radius 1 is 1.33 bits per heavy atom. The monoisotopic (exact) mass is 295 g/mol. The Morgan fingerprint density at radius 3 is 2.76 bits per heavy atom. The normalized spacial score (nSPS) is 10.2. The third-order valence-corrected chi connectivity index (χ3v) is 3.72. The molecule has 0 radical (unpaired) electrons. The number of carboxylic acid groups (broad SMARTS) is 1. The van der Waals surface area contributed by atoms with Crippen LogP contribution in [0.1, 0.15) is 15.9 Å². The maximum Gasteiger partial charge on any atom is 0.337 e. The van der Waals surface area contributed by atoms with E-state index in [2.05, 4.69) is 11.1 Å². The molecule has 0 unspecified atom stereocenters. The van der Waals surface area contributed by atoms with Gasteiger partial charge in [0.25, 0.3) is 0 Å². The molecule has 21 heavy (non-hydrogen) atoms. The van der Waals surface area contributed by atoms with Crippen LogP contribution >= 0.6 is 11.3 Å². The molecule has 0 bridgehead atoms. The van der Waals surface area contributed by atoms with Crippen molar-refractivity contribution in [3.63, 3.8) is 0 Å². The van der Waals surface area contributed by atoms with E-state index in [0.29, 0.717) is 11.4 Å². The number of hydrogen-bond donors (Lipinski definition) is 1. The van der Waals surface area contributed by atoms with Crippen LogP contribution in [0.5, 0.6) is 0 Å². The summed E-state index contributed by atoms with van der Waals surface area (Å²) in [5.74, 6) is -0.448. The van der Waals surface area contributed by atoms with Crippen LogP contribution in [0.4, 0.5) is 0 Å². The third-order valence-electron chi connectivity index (χ3n) is 3.04. The van der Waals surface area contributed by atoms with Crippen LogP contribution in [-0.2, 0) is 0 Å². The van der Waals surface area contributed by atoms with Crippen molar-refractivity contribution in [2.75, 3.05) is 0 Å². The molecule has 1 N–H and O–H groups in total. The van der Waals surface area contributed by atoms with Crippen molar-refractivity contribution in [1.82, 2.24) is 9.55 Å². The highest BCUT2D eigenvalue weighted by atomic mass is 32.1. The summed E-state index contributed by atoms with van der Waals surface area (Å²) >= 11 is 1.56. The van der Waals surface area contributed by atoms with Gasteiger partial charge in [0.15, 0.2) is 0 Å². The highest BCUT2D eigenvalue weighted by Gasteiger charge is 2.11. The van der Waals surface area contributed by atoms with Crippen LogP contribution in [0.25, 0.3) is 16.9 Å². The molecule has 3 aromatic rings. The molecule has 6 heteroatoms. The second-order valence-electron chi connectivity index (χ2n) is 4.33. The first kappa shape index (κ1) is 13.1. The van der Waals surface area contributed by atoms with Gasteiger partial charge in [-0.25, -0.2) is 9.78 Å². The van der Waals surface area contributed by atoms with Crippen LogP contribution in [0.2, 0.25) is 0 Å². The summed E-state index contributed by atoms with van der Waals surface area (Å²) in [5, 5.41) is 22.0. The lowest BCUT2D eigenvalue weighted by Crippen LogP contribution is -2.00. The van der Waals surface area contributed by atoms with Crippen molar-refractivity contribution in [3.05, 3.63) is 58.7 Å². The number of nitriles is 1. The lowest BCUT2D eigenvalue weighted by Gasteiger charge is -2.01. The zero-order valence-electron chi connectivity index (χ0n) is 10.7. The van der Waals surface area contributed by atoms with E-state index in [1.807, 2.05) is 23.0 Å². The number of pyridine rings is 1. The number of hydrogen-bond acceptors (Lipinski definition) is 4. The van der Waals surface area contributed by atoms with E-state index < -0.39 is 5.97 Å². The standard InChI is InChI=1S/C15H9N3O2S/c16-5-12-7-18(8-13(12)11-3-4-21-9-11)14-2-1-10(6-17-14)15(19)20/h1-4,6-9H,(H,19,20). The SMILES string of the molecule is N#Cc1cn(-c2ccc(C(=O)O)cn2)cc1-c1ccsc1. The summed E-state index contributed by atoms with van der Waals surface area (Å²) in [5.41, 5.74) is 2.50. The average Bonchev–Trinajstić information content (AvgIpc) is 3.16. The molecular formula is C15H9N3O2S. The van der Waals surface area contributed by atoms with Gasteiger partial charge in [-0.1, -0.05) is 0 Å². The molecule has 0 saturated heterocycles. The van der Waals surface area contributed by atoms with E-state index >= 15 is 0 Å². The molecule has 0 aliphatic carbocycles. The molecule has 0 aliphatic heterocycles. The Kier molecular flexibility index (Phi) is 3.26. The second kappa shape index (κ2) is 5.23. The summed E-state index contributed by atoms with van der Waals surface area (Å²) < 4.78 is 1.72. The molecule has 0 saturated carbocycles. The molecule has 0 amide bonds. The topological polar surface area (TPSA) is 78.9 Å². The minimum Gasteiger partial charge on any atom is -0.478 e. The fourth-order valence-electron chi connectivity index (χ4n) is 1.99. The number of thiophene rings is 1. The Morgan fingerprint density at radius 2 is 2.19 bits per heavy atom. The molecule has 0 atom stereocenters. The molecule has 5 nitrogen and oxygen atoms in total. The lowest BCUT2D eigenvalue weighted by atomic mass is 10.1. The first-order valence-electron chi connectivity index (χ1n) is 6.03. The van der Waals surface area contributed by atoms with Gasteiger partial charge in [-0.2, -0.15) is 16.6 Å². The fourth-order valence-corrected chi connectivity index (χ4v) is 2.64. The van der Waals surface area contributed by atoms with Crippen molar-refractivity contribution >= 4 is 17.3 Å².